The van der Waals surface area contributed by atoms with E-state index in [1.165, 1.54) is 32.1 Å². The minimum Gasteiger partial charge on any atom is -0.478 e. The summed E-state index contributed by atoms with van der Waals surface area (Å²) in [5, 5.41) is 9.02. The Morgan fingerprint density at radius 2 is 1.48 bits per heavy atom. The number of benzene rings is 1. The number of hydrogen-bond donors (Lipinski definition) is 1. The van der Waals surface area contributed by atoms with Gasteiger partial charge in [0.05, 0.1) is 5.56 Å². The van der Waals surface area contributed by atoms with Crippen molar-refractivity contribution >= 4 is 5.97 Å². The van der Waals surface area contributed by atoms with E-state index in [0.717, 1.165) is 31.2 Å². The van der Waals surface area contributed by atoms with Crippen LogP contribution in [0.2, 0.25) is 0 Å². The van der Waals surface area contributed by atoms with Gasteiger partial charge in [-0.1, -0.05) is 57.6 Å². The second kappa shape index (κ2) is 12.9. The highest BCUT2D eigenvalue weighted by Crippen LogP contribution is 2.32. The molecule has 0 fully saturated rings. The minimum atomic E-state index is -1.04. The molecule has 5 heteroatoms. The summed E-state index contributed by atoms with van der Waals surface area (Å²) in [5.41, 5.74) is 1.41. The van der Waals surface area contributed by atoms with Crippen molar-refractivity contribution in [2.45, 2.75) is 70.7 Å². The Balaban J connectivity index is 2.68. The van der Waals surface area contributed by atoms with E-state index in [-0.39, 0.29) is 5.92 Å². The van der Waals surface area contributed by atoms with Crippen LogP contribution in [0, 0.1) is 5.92 Å². The molecule has 0 saturated carbocycles. The third-order valence-electron chi connectivity index (χ3n) is 5.24. The normalized spacial score (nSPS) is 12.9. The van der Waals surface area contributed by atoms with Crippen molar-refractivity contribution in [3.63, 3.8) is 0 Å². The number of carboxylic acid groups (broad SMARTS) is 1. The molecule has 0 aliphatic heterocycles. The number of ether oxygens (including phenoxy) is 3. The molecule has 1 N–H and O–H groups in total. The Morgan fingerprint density at radius 1 is 0.926 bits per heavy atom. The second-order valence-electron chi connectivity index (χ2n) is 7.01. The number of carbonyl (C=O) groups is 1. The molecular weight excluding hydrogens is 344 g/mol. The Bertz CT molecular complexity index is 514. The molecule has 154 valence electrons. The van der Waals surface area contributed by atoms with Gasteiger partial charge < -0.3 is 19.3 Å². The number of aryl methyl sites for hydroxylation is 1. The smallest absolute Gasteiger partial charge is 0.335 e. The van der Waals surface area contributed by atoms with E-state index in [9.17, 15) is 4.79 Å². The summed E-state index contributed by atoms with van der Waals surface area (Å²) in [7, 11) is 4.84. The van der Waals surface area contributed by atoms with E-state index < -0.39 is 11.9 Å². The minimum absolute atomic E-state index is 0.0998. The summed E-state index contributed by atoms with van der Waals surface area (Å²) in [6.45, 7) is 2.23. The number of methoxy groups -OCH3 is 3. The van der Waals surface area contributed by atoms with Gasteiger partial charge in [-0.15, -0.1) is 0 Å². The van der Waals surface area contributed by atoms with Gasteiger partial charge in [0.25, 0.3) is 5.97 Å². The van der Waals surface area contributed by atoms with E-state index in [0.29, 0.717) is 5.56 Å². The number of carboxylic acids is 1. The van der Waals surface area contributed by atoms with Gasteiger partial charge in [0.2, 0.25) is 0 Å². The van der Waals surface area contributed by atoms with Crippen LogP contribution >= 0.6 is 0 Å². The lowest BCUT2D eigenvalue weighted by atomic mass is 9.91. The summed E-state index contributed by atoms with van der Waals surface area (Å²) < 4.78 is 16.8. The topological polar surface area (TPSA) is 65.0 Å². The maximum atomic E-state index is 11.0. The molecule has 1 unspecified atom stereocenters. The zero-order valence-electron chi connectivity index (χ0n) is 17.3. The highest BCUT2D eigenvalue weighted by molar-refractivity contribution is 5.87. The van der Waals surface area contributed by atoms with Crippen LogP contribution in [0.25, 0.3) is 0 Å². The van der Waals surface area contributed by atoms with Crippen LogP contribution in [0.4, 0.5) is 0 Å². The van der Waals surface area contributed by atoms with Crippen LogP contribution in [-0.2, 0) is 20.6 Å². The van der Waals surface area contributed by atoms with Gasteiger partial charge in [-0.05, 0) is 37.0 Å². The summed E-state index contributed by atoms with van der Waals surface area (Å²) in [6.07, 6.45) is 10.1. The largest absolute Gasteiger partial charge is 0.478 e. The van der Waals surface area contributed by atoms with E-state index in [2.05, 4.69) is 6.92 Å². The summed E-state index contributed by atoms with van der Waals surface area (Å²) in [4.78, 5) is 11.0. The number of hydrogen-bond acceptors (Lipinski definition) is 4. The van der Waals surface area contributed by atoms with Crippen molar-refractivity contribution < 1.29 is 24.1 Å². The van der Waals surface area contributed by atoms with Gasteiger partial charge in [0.1, 0.15) is 0 Å². The first-order valence-corrected chi connectivity index (χ1v) is 10.0. The fourth-order valence-electron chi connectivity index (χ4n) is 3.57. The Morgan fingerprint density at radius 3 is 2.00 bits per heavy atom. The van der Waals surface area contributed by atoms with Crippen molar-refractivity contribution in [3.8, 4) is 0 Å². The summed E-state index contributed by atoms with van der Waals surface area (Å²) in [5.74, 6) is -1.84. The predicted octanol–water partition coefficient (Wildman–Crippen LogP) is 5.28. The molecule has 0 aliphatic carbocycles. The number of unbranched alkanes of at least 4 members (excludes halogenated alkanes) is 5. The number of rotatable bonds is 15. The molecular formula is C22H36O5. The second-order valence-corrected chi connectivity index (χ2v) is 7.01. The van der Waals surface area contributed by atoms with E-state index >= 15 is 0 Å². The maximum Gasteiger partial charge on any atom is 0.335 e. The van der Waals surface area contributed by atoms with Crippen molar-refractivity contribution in [1.29, 1.82) is 0 Å². The summed E-state index contributed by atoms with van der Waals surface area (Å²) in [6, 6.07) is 7.05. The van der Waals surface area contributed by atoms with Gasteiger partial charge in [-0.25, -0.2) is 4.79 Å². The highest BCUT2D eigenvalue weighted by atomic mass is 16.9. The van der Waals surface area contributed by atoms with Crippen LogP contribution in [0.3, 0.4) is 0 Å². The molecule has 0 aliphatic rings. The van der Waals surface area contributed by atoms with Gasteiger partial charge in [0, 0.05) is 27.2 Å². The molecule has 0 spiro atoms. The van der Waals surface area contributed by atoms with E-state index in [1.807, 2.05) is 12.1 Å². The number of aromatic carboxylic acids is 1. The zero-order valence-corrected chi connectivity index (χ0v) is 17.3. The first-order valence-electron chi connectivity index (χ1n) is 10.0. The molecule has 0 bridgehead atoms. The lowest BCUT2D eigenvalue weighted by Crippen LogP contribution is -2.44. The van der Waals surface area contributed by atoms with Crippen molar-refractivity contribution in [1.82, 2.24) is 0 Å². The molecule has 0 saturated heterocycles. The molecule has 0 aromatic heterocycles. The molecule has 27 heavy (non-hydrogen) atoms. The molecule has 1 aromatic rings. The molecule has 0 radical (unpaired) electrons. The monoisotopic (exact) mass is 380 g/mol. The standard InChI is InChI=1S/C22H36O5/c1-5-6-7-8-9-10-11-20(22(25-2,26-3)27-4)17-14-18-12-15-19(16-13-18)21(23)24/h12-13,15-16,20H,5-11,14,17H2,1-4H3,(H,23,24). The zero-order chi connectivity index (χ0) is 20.1. The average Bonchev–Trinajstić information content (AvgIpc) is 2.69. The Hall–Kier alpha value is -1.43. The molecule has 0 amide bonds. The van der Waals surface area contributed by atoms with Gasteiger partial charge in [0.15, 0.2) is 0 Å². The molecule has 0 heterocycles. The van der Waals surface area contributed by atoms with Crippen LogP contribution in [0.15, 0.2) is 24.3 Å². The molecule has 5 nitrogen and oxygen atoms in total. The fraction of sp³-hybridized carbons (Fsp3) is 0.682. The highest BCUT2D eigenvalue weighted by Gasteiger charge is 2.39. The van der Waals surface area contributed by atoms with Crippen LogP contribution < -0.4 is 0 Å². The summed E-state index contributed by atoms with van der Waals surface area (Å²) >= 11 is 0. The molecule has 1 atom stereocenters. The average molecular weight is 381 g/mol. The Kier molecular flexibility index (Phi) is 11.3. The van der Waals surface area contributed by atoms with Crippen molar-refractivity contribution in [2.75, 3.05) is 21.3 Å². The quantitative estimate of drug-likeness (QED) is 0.331. The third-order valence-corrected chi connectivity index (χ3v) is 5.24. The lowest BCUT2D eigenvalue weighted by molar-refractivity contribution is -0.380. The lowest BCUT2D eigenvalue weighted by Gasteiger charge is -2.36. The van der Waals surface area contributed by atoms with E-state index in [4.69, 9.17) is 19.3 Å². The van der Waals surface area contributed by atoms with E-state index in [1.54, 1.807) is 33.5 Å². The predicted molar refractivity (Wildman–Crippen MR) is 107 cm³/mol. The van der Waals surface area contributed by atoms with Crippen LogP contribution in [0.1, 0.15) is 74.2 Å². The van der Waals surface area contributed by atoms with Gasteiger partial charge in [-0.3, -0.25) is 0 Å². The SMILES string of the molecule is CCCCCCCCC(CCc1ccc(C(=O)O)cc1)C(OC)(OC)OC. The van der Waals surface area contributed by atoms with Crippen molar-refractivity contribution in [2.24, 2.45) is 5.92 Å². The first-order chi connectivity index (χ1) is 13.0. The van der Waals surface area contributed by atoms with Crippen LogP contribution in [0.5, 0.6) is 0 Å². The fourth-order valence-corrected chi connectivity index (χ4v) is 3.57. The van der Waals surface area contributed by atoms with Gasteiger partial charge in [-0.2, -0.15) is 0 Å². The third kappa shape index (κ3) is 7.60. The molecule has 1 rings (SSSR count). The Labute approximate surface area is 164 Å². The van der Waals surface area contributed by atoms with Crippen LogP contribution in [-0.4, -0.2) is 38.4 Å². The van der Waals surface area contributed by atoms with Gasteiger partial charge >= 0.3 is 5.97 Å². The maximum absolute atomic E-state index is 11.0. The molecule has 1 aromatic carbocycles. The van der Waals surface area contributed by atoms with Crippen molar-refractivity contribution in [3.05, 3.63) is 35.4 Å². The first kappa shape index (κ1) is 23.6.